The quantitative estimate of drug-likeness (QED) is 0.380. The average Bonchev–Trinajstić information content (AvgIpc) is 2.42. The number of thiol groups is 1. The van der Waals surface area contributed by atoms with E-state index in [0.29, 0.717) is 0 Å². The maximum atomic E-state index is 12.0. The second kappa shape index (κ2) is 9.21. The minimum absolute atomic E-state index is 0.140. The van der Waals surface area contributed by atoms with Crippen molar-refractivity contribution in [1.29, 1.82) is 0 Å². The van der Waals surface area contributed by atoms with Crippen LogP contribution in [0.3, 0.4) is 0 Å². The highest BCUT2D eigenvalue weighted by Crippen LogP contribution is 2.15. The number of rotatable bonds is 9. The number of carbonyl (C=O) groups excluding carboxylic acids is 1. The molecule has 18 heavy (non-hydrogen) atoms. The molecule has 1 atom stereocenters. The van der Waals surface area contributed by atoms with E-state index in [4.69, 9.17) is 0 Å². The van der Waals surface area contributed by atoms with Gasteiger partial charge in [0.25, 0.3) is 0 Å². The minimum Gasteiger partial charge on any atom is -0.293 e. The summed E-state index contributed by atoms with van der Waals surface area (Å²) in [6.45, 7) is 2.22. The van der Waals surface area contributed by atoms with E-state index >= 15 is 0 Å². The highest BCUT2D eigenvalue weighted by Gasteiger charge is 2.14. The summed E-state index contributed by atoms with van der Waals surface area (Å²) < 4.78 is 0. The van der Waals surface area contributed by atoms with Crippen LogP contribution in [0.1, 0.15) is 62.2 Å². The fourth-order valence-electron chi connectivity index (χ4n) is 2.04. The van der Waals surface area contributed by atoms with Crippen LogP contribution >= 0.6 is 12.6 Å². The Morgan fingerprint density at radius 1 is 1.06 bits per heavy atom. The molecule has 0 aromatic heterocycles. The zero-order valence-corrected chi connectivity index (χ0v) is 12.2. The molecule has 0 fully saturated rings. The number of ketones is 1. The van der Waals surface area contributed by atoms with E-state index in [0.717, 1.165) is 18.4 Å². The second-order valence-corrected chi connectivity index (χ2v) is 5.43. The third-order valence-corrected chi connectivity index (χ3v) is 3.68. The summed E-state index contributed by atoms with van der Waals surface area (Å²) in [6, 6.07) is 9.47. The maximum absolute atomic E-state index is 12.0. The van der Waals surface area contributed by atoms with Gasteiger partial charge in [-0.3, -0.25) is 4.79 Å². The molecule has 0 aliphatic carbocycles. The van der Waals surface area contributed by atoms with Crippen molar-refractivity contribution >= 4 is 18.4 Å². The Balaban J connectivity index is 2.20. The summed E-state index contributed by atoms with van der Waals surface area (Å²) in [5.74, 6) is 0.160. The van der Waals surface area contributed by atoms with E-state index in [9.17, 15) is 4.79 Å². The van der Waals surface area contributed by atoms with E-state index < -0.39 is 0 Å². The van der Waals surface area contributed by atoms with E-state index in [1.807, 2.05) is 30.3 Å². The predicted octanol–water partition coefficient (Wildman–Crippen LogP) is 4.92. The average molecular weight is 264 g/mol. The van der Waals surface area contributed by atoms with E-state index in [1.54, 1.807) is 0 Å². The molecule has 0 aliphatic heterocycles. The second-order valence-electron chi connectivity index (χ2n) is 4.80. The van der Waals surface area contributed by atoms with Crippen molar-refractivity contribution in [2.75, 3.05) is 0 Å². The zero-order chi connectivity index (χ0) is 13.2. The van der Waals surface area contributed by atoms with Gasteiger partial charge >= 0.3 is 0 Å². The highest BCUT2D eigenvalue weighted by atomic mass is 32.1. The number of Topliss-reactive ketones (excluding diaryl/α,β-unsaturated/α-hetero) is 1. The first kappa shape index (κ1) is 15.3. The fourth-order valence-corrected chi connectivity index (χ4v) is 2.38. The van der Waals surface area contributed by atoms with Crippen LogP contribution < -0.4 is 0 Å². The lowest BCUT2D eigenvalue weighted by Crippen LogP contribution is -2.14. The van der Waals surface area contributed by atoms with Crippen LogP contribution in [-0.4, -0.2) is 11.0 Å². The number of hydrogen-bond acceptors (Lipinski definition) is 2. The fraction of sp³-hybridized carbons (Fsp3) is 0.562. The molecule has 0 aliphatic rings. The molecule has 0 spiro atoms. The molecule has 0 N–H and O–H groups in total. The topological polar surface area (TPSA) is 17.1 Å². The van der Waals surface area contributed by atoms with Gasteiger partial charge in [-0.2, -0.15) is 12.6 Å². The molecule has 1 unspecified atom stereocenters. The smallest absolute Gasteiger partial charge is 0.175 e. The van der Waals surface area contributed by atoms with Gasteiger partial charge in [0.15, 0.2) is 5.78 Å². The molecule has 1 aromatic rings. The predicted molar refractivity (Wildman–Crippen MR) is 81.5 cm³/mol. The van der Waals surface area contributed by atoms with E-state index in [-0.39, 0.29) is 11.0 Å². The molecule has 1 nitrogen and oxygen atoms in total. The summed E-state index contributed by atoms with van der Waals surface area (Å²) in [4.78, 5) is 12.0. The van der Waals surface area contributed by atoms with Gasteiger partial charge in [-0.15, -0.1) is 0 Å². The first-order chi connectivity index (χ1) is 8.75. The lowest BCUT2D eigenvalue weighted by molar-refractivity contribution is 0.0986. The molecular weight excluding hydrogens is 240 g/mol. The summed E-state index contributed by atoms with van der Waals surface area (Å²) >= 11 is 4.43. The molecule has 1 aromatic carbocycles. The SMILES string of the molecule is CCCCCCCCC(S)C(=O)c1ccccc1. The van der Waals surface area contributed by atoms with Crippen molar-refractivity contribution in [2.24, 2.45) is 0 Å². The largest absolute Gasteiger partial charge is 0.293 e. The Labute approximate surface area is 116 Å². The van der Waals surface area contributed by atoms with Gasteiger partial charge < -0.3 is 0 Å². The zero-order valence-electron chi connectivity index (χ0n) is 11.3. The summed E-state index contributed by atoms with van der Waals surface area (Å²) in [5, 5.41) is -0.140. The van der Waals surface area contributed by atoms with Crippen LogP contribution in [0.4, 0.5) is 0 Å². The Morgan fingerprint density at radius 2 is 1.67 bits per heavy atom. The molecule has 0 amide bonds. The Kier molecular flexibility index (Phi) is 7.83. The van der Waals surface area contributed by atoms with Gasteiger partial charge in [-0.05, 0) is 6.42 Å². The van der Waals surface area contributed by atoms with E-state index in [2.05, 4.69) is 19.6 Å². The monoisotopic (exact) mass is 264 g/mol. The Hall–Kier alpha value is -0.760. The van der Waals surface area contributed by atoms with Crippen LogP contribution in [0.15, 0.2) is 30.3 Å². The standard InChI is InChI=1S/C16H24OS/c1-2-3-4-5-6-10-13-15(18)16(17)14-11-8-7-9-12-14/h7-9,11-12,15,18H,2-6,10,13H2,1H3. The number of unbranched alkanes of at least 4 members (excludes halogenated alkanes) is 5. The van der Waals surface area contributed by atoms with Crippen molar-refractivity contribution in [3.05, 3.63) is 35.9 Å². The lowest BCUT2D eigenvalue weighted by Gasteiger charge is -2.09. The molecule has 0 radical (unpaired) electrons. The van der Waals surface area contributed by atoms with Gasteiger partial charge in [0, 0.05) is 5.56 Å². The number of carbonyl (C=O) groups is 1. The summed E-state index contributed by atoms with van der Waals surface area (Å²) in [7, 11) is 0. The summed E-state index contributed by atoms with van der Waals surface area (Å²) in [5.41, 5.74) is 0.781. The third-order valence-electron chi connectivity index (χ3n) is 3.19. The van der Waals surface area contributed by atoms with Crippen LogP contribution in [0.25, 0.3) is 0 Å². The van der Waals surface area contributed by atoms with Gasteiger partial charge in [-0.25, -0.2) is 0 Å². The van der Waals surface area contributed by atoms with Gasteiger partial charge in [0.05, 0.1) is 5.25 Å². The van der Waals surface area contributed by atoms with Gasteiger partial charge in [0.1, 0.15) is 0 Å². The minimum atomic E-state index is -0.140. The van der Waals surface area contributed by atoms with Crippen LogP contribution in [0.5, 0.6) is 0 Å². The van der Waals surface area contributed by atoms with Crippen molar-refractivity contribution in [2.45, 2.75) is 57.1 Å². The van der Waals surface area contributed by atoms with E-state index in [1.165, 1.54) is 32.1 Å². The molecule has 1 rings (SSSR count). The third kappa shape index (κ3) is 5.72. The molecule has 0 saturated carbocycles. The summed E-state index contributed by atoms with van der Waals surface area (Å²) in [6.07, 6.45) is 8.43. The van der Waals surface area contributed by atoms with Gasteiger partial charge in [-0.1, -0.05) is 75.8 Å². The van der Waals surface area contributed by atoms with Crippen LogP contribution in [-0.2, 0) is 0 Å². The first-order valence-corrected chi connectivity index (χ1v) is 7.54. The number of benzene rings is 1. The molecule has 100 valence electrons. The molecular formula is C16H24OS. The van der Waals surface area contributed by atoms with Crippen LogP contribution in [0.2, 0.25) is 0 Å². The van der Waals surface area contributed by atoms with Crippen molar-refractivity contribution in [3.8, 4) is 0 Å². The Bertz CT molecular complexity index is 334. The van der Waals surface area contributed by atoms with Crippen molar-refractivity contribution in [1.82, 2.24) is 0 Å². The first-order valence-electron chi connectivity index (χ1n) is 7.03. The molecule has 0 heterocycles. The lowest BCUT2D eigenvalue weighted by atomic mass is 10.0. The van der Waals surface area contributed by atoms with Gasteiger partial charge in [0.2, 0.25) is 0 Å². The van der Waals surface area contributed by atoms with Crippen LogP contribution in [0, 0.1) is 0 Å². The van der Waals surface area contributed by atoms with Crippen molar-refractivity contribution < 1.29 is 4.79 Å². The molecule has 0 bridgehead atoms. The van der Waals surface area contributed by atoms with Crippen molar-refractivity contribution in [3.63, 3.8) is 0 Å². The Morgan fingerprint density at radius 3 is 2.33 bits per heavy atom. The maximum Gasteiger partial charge on any atom is 0.175 e. The normalized spacial score (nSPS) is 12.3. The number of hydrogen-bond donors (Lipinski definition) is 1. The highest BCUT2D eigenvalue weighted by molar-refractivity contribution is 7.81. The molecule has 2 heteroatoms. The molecule has 0 saturated heterocycles.